The maximum Gasteiger partial charge on any atom is 0.131 e. The molecule has 1 atom stereocenters. The van der Waals surface area contributed by atoms with E-state index < -0.39 is 0 Å². The number of hydrogen-bond donors (Lipinski definition) is 2. The van der Waals surface area contributed by atoms with Gasteiger partial charge in [-0.05, 0) is 31.8 Å². The molecule has 0 bridgehead atoms. The van der Waals surface area contributed by atoms with Gasteiger partial charge in [0.15, 0.2) is 0 Å². The molecule has 0 saturated carbocycles. The zero-order chi connectivity index (χ0) is 14.5. The van der Waals surface area contributed by atoms with Crippen LogP contribution in [0.3, 0.4) is 0 Å². The number of ether oxygens (including phenoxy) is 3. The van der Waals surface area contributed by atoms with Crippen molar-refractivity contribution in [2.45, 2.75) is 18.9 Å². The molecule has 1 aliphatic rings. The van der Waals surface area contributed by atoms with Crippen molar-refractivity contribution in [3.05, 3.63) is 17.7 Å². The molecule has 1 heterocycles. The molecule has 2 rings (SSSR count). The summed E-state index contributed by atoms with van der Waals surface area (Å²) >= 11 is 0. The molecule has 0 aliphatic carbocycles. The van der Waals surface area contributed by atoms with Crippen molar-refractivity contribution >= 4 is 0 Å². The van der Waals surface area contributed by atoms with Gasteiger partial charge in [-0.2, -0.15) is 0 Å². The van der Waals surface area contributed by atoms with Gasteiger partial charge in [0.25, 0.3) is 0 Å². The lowest BCUT2D eigenvalue weighted by Crippen LogP contribution is -2.34. The van der Waals surface area contributed by atoms with Crippen LogP contribution in [0.15, 0.2) is 12.1 Å². The summed E-state index contributed by atoms with van der Waals surface area (Å²) < 4.78 is 16.2. The van der Waals surface area contributed by atoms with Crippen LogP contribution in [0.5, 0.6) is 17.2 Å². The fourth-order valence-corrected chi connectivity index (χ4v) is 2.80. The Morgan fingerprint density at radius 1 is 1.05 bits per heavy atom. The first-order valence-corrected chi connectivity index (χ1v) is 6.97. The summed E-state index contributed by atoms with van der Waals surface area (Å²) in [5.41, 5.74) is 7.42. The van der Waals surface area contributed by atoms with Crippen molar-refractivity contribution in [3.63, 3.8) is 0 Å². The van der Waals surface area contributed by atoms with Crippen molar-refractivity contribution in [2.24, 2.45) is 11.7 Å². The van der Waals surface area contributed by atoms with Crippen molar-refractivity contribution in [1.82, 2.24) is 5.32 Å². The average molecular weight is 280 g/mol. The van der Waals surface area contributed by atoms with Gasteiger partial charge in [-0.1, -0.05) is 0 Å². The van der Waals surface area contributed by atoms with E-state index in [-0.39, 0.29) is 6.04 Å². The monoisotopic (exact) mass is 280 g/mol. The third kappa shape index (κ3) is 2.99. The Morgan fingerprint density at radius 3 is 2.05 bits per heavy atom. The van der Waals surface area contributed by atoms with Gasteiger partial charge in [0.1, 0.15) is 17.2 Å². The Labute approximate surface area is 120 Å². The predicted octanol–water partition coefficient (Wildman–Crippen LogP) is 1.71. The Balaban J connectivity index is 2.36. The fourth-order valence-electron chi connectivity index (χ4n) is 2.80. The number of piperidine rings is 1. The molecular weight excluding hydrogens is 256 g/mol. The van der Waals surface area contributed by atoms with E-state index >= 15 is 0 Å². The van der Waals surface area contributed by atoms with Crippen LogP contribution in [-0.2, 0) is 0 Å². The van der Waals surface area contributed by atoms with Crippen LogP contribution >= 0.6 is 0 Å². The van der Waals surface area contributed by atoms with Gasteiger partial charge in [-0.3, -0.25) is 0 Å². The summed E-state index contributed by atoms with van der Waals surface area (Å²) in [6, 6.07) is 3.63. The molecule has 1 fully saturated rings. The van der Waals surface area contributed by atoms with E-state index in [9.17, 15) is 0 Å². The first-order chi connectivity index (χ1) is 9.71. The zero-order valence-electron chi connectivity index (χ0n) is 12.4. The van der Waals surface area contributed by atoms with Gasteiger partial charge < -0.3 is 25.3 Å². The lowest BCUT2D eigenvalue weighted by Gasteiger charge is -2.30. The minimum absolute atomic E-state index is 0.0899. The summed E-state index contributed by atoms with van der Waals surface area (Å²) in [7, 11) is 4.92. The molecule has 20 heavy (non-hydrogen) atoms. The number of methoxy groups -OCH3 is 3. The number of nitrogens with two attached hydrogens (primary N) is 1. The van der Waals surface area contributed by atoms with E-state index in [2.05, 4.69) is 5.32 Å². The summed E-state index contributed by atoms with van der Waals surface area (Å²) in [6.45, 7) is 2.03. The molecule has 3 N–H and O–H groups in total. The number of nitrogens with one attached hydrogen (secondary N) is 1. The Morgan fingerprint density at radius 2 is 1.60 bits per heavy atom. The Bertz CT molecular complexity index is 420. The molecule has 1 aromatic rings. The van der Waals surface area contributed by atoms with E-state index in [4.69, 9.17) is 19.9 Å². The highest BCUT2D eigenvalue weighted by Gasteiger charge is 2.27. The van der Waals surface area contributed by atoms with Gasteiger partial charge in [0.2, 0.25) is 0 Å². The van der Waals surface area contributed by atoms with Gasteiger partial charge in [-0.25, -0.2) is 0 Å². The van der Waals surface area contributed by atoms with E-state index in [1.807, 2.05) is 12.1 Å². The third-order valence-corrected chi connectivity index (χ3v) is 3.98. The number of benzene rings is 1. The summed E-state index contributed by atoms with van der Waals surface area (Å²) in [4.78, 5) is 0. The molecular formula is C15H24N2O3. The first-order valence-electron chi connectivity index (χ1n) is 6.97. The standard InChI is InChI=1S/C15H24N2O3/c1-18-11-8-12(19-2)14(13(9-11)20-3)15(16)10-4-6-17-7-5-10/h8-10,15,17H,4-7,16H2,1-3H3/t15-/m1/s1. The topological polar surface area (TPSA) is 65.7 Å². The van der Waals surface area contributed by atoms with Crippen LogP contribution in [0.25, 0.3) is 0 Å². The predicted molar refractivity (Wildman–Crippen MR) is 78.6 cm³/mol. The van der Waals surface area contributed by atoms with Crippen LogP contribution in [0.4, 0.5) is 0 Å². The molecule has 0 spiro atoms. The lowest BCUT2D eigenvalue weighted by molar-refractivity contribution is 0.301. The summed E-state index contributed by atoms with van der Waals surface area (Å²) in [5.74, 6) is 2.60. The normalized spacial score (nSPS) is 17.6. The van der Waals surface area contributed by atoms with Gasteiger partial charge in [0, 0.05) is 18.2 Å². The Kier molecular flexibility index (Phi) is 5.09. The van der Waals surface area contributed by atoms with Crippen LogP contribution in [0.1, 0.15) is 24.4 Å². The average Bonchev–Trinajstić information content (AvgIpc) is 2.53. The highest BCUT2D eigenvalue weighted by atomic mass is 16.5. The van der Waals surface area contributed by atoms with E-state index in [1.165, 1.54) is 0 Å². The zero-order valence-corrected chi connectivity index (χ0v) is 12.4. The van der Waals surface area contributed by atoms with Crippen LogP contribution < -0.4 is 25.3 Å². The minimum Gasteiger partial charge on any atom is -0.496 e. The van der Waals surface area contributed by atoms with Crippen LogP contribution in [0.2, 0.25) is 0 Å². The molecule has 5 heteroatoms. The summed E-state index contributed by atoms with van der Waals surface area (Å²) in [5, 5.41) is 3.36. The van der Waals surface area contributed by atoms with Crippen LogP contribution in [0, 0.1) is 5.92 Å². The van der Waals surface area contributed by atoms with E-state index in [0.29, 0.717) is 11.7 Å². The quantitative estimate of drug-likeness (QED) is 0.859. The van der Waals surface area contributed by atoms with Crippen molar-refractivity contribution < 1.29 is 14.2 Å². The molecule has 0 aromatic heterocycles. The van der Waals surface area contributed by atoms with E-state index in [1.54, 1.807) is 21.3 Å². The van der Waals surface area contributed by atoms with Crippen molar-refractivity contribution in [3.8, 4) is 17.2 Å². The SMILES string of the molecule is COc1cc(OC)c([C@H](N)C2CCNCC2)c(OC)c1. The first kappa shape index (κ1) is 14.9. The maximum absolute atomic E-state index is 6.49. The second-order valence-electron chi connectivity index (χ2n) is 5.06. The molecule has 1 aliphatic heterocycles. The molecule has 1 saturated heterocycles. The highest BCUT2D eigenvalue weighted by molar-refractivity contribution is 5.52. The molecule has 1 aromatic carbocycles. The van der Waals surface area contributed by atoms with Crippen molar-refractivity contribution in [2.75, 3.05) is 34.4 Å². The molecule has 112 valence electrons. The summed E-state index contributed by atoms with van der Waals surface area (Å²) in [6.07, 6.45) is 2.14. The maximum atomic E-state index is 6.49. The highest BCUT2D eigenvalue weighted by Crippen LogP contribution is 2.41. The van der Waals surface area contributed by atoms with Crippen LogP contribution in [-0.4, -0.2) is 34.4 Å². The van der Waals surface area contributed by atoms with Crippen molar-refractivity contribution in [1.29, 1.82) is 0 Å². The smallest absolute Gasteiger partial charge is 0.131 e. The number of hydrogen-bond acceptors (Lipinski definition) is 5. The number of rotatable bonds is 5. The largest absolute Gasteiger partial charge is 0.496 e. The lowest BCUT2D eigenvalue weighted by atomic mass is 9.85. The Hall–Kier alpha value is -1.46. The second-order valence-corrected chi connectivity index (χ2v) is 5.06. The third-order valence-electron chi connectivity index (χ3n) is 3.98. The van der Waals surface area contributed by atoms with Gasteiger partial charge in [-0.15, -0.1) is 0 Å². The van der Waals surface area contributed by atoms with E-state index in [0.717, 1.165) is 43.0 Å². The minimum atomic E-state index is -0.0899. The molecule has 0 unspecified atom stereocenters. The fraction of sp³-hybridized carbons (Fsp3) is 0.600. The second kappa shape index (κ2) is 6.81. The van der Waals surface area contributed by atoms with Gasteiger partial charge in [0.05, 0.1) is 26.9 Å². The molecule has 5 nitrogen and oxygen atoms in total. The molecule has 0 amide bonds. The van der Waals surface area contributed by atoms with Gasteiger partial charge >= 0.3 is 0 Å². The molecule has 0 radical (unpaired) electrons.